The average molecular weight is 434 g/mol. The molecule has 1 atom stereocenters. The monoisotopic (exact) mass is 434 g/mol. The number of halogens is 1. The van der Waals surface area contributed by atoms with Gasteiger partial charge in [0.2, 0.25) is 0 Å². The molecule has 0 radical (unpaired) electrons. The van der Waals surface area contributed by atoms with Crippen LogP contribution in [0.3, 0.4) is 0 Å². The molecule has 6 nitrogen and oxygen atoms in total. The van der Waals surface area contributed by atoms with Crippen molar-refractivity contribution in [2.75, 3.05) is 18.5 Å². The molecule has 1 N–H and O–H groups in total. The largest absolute Gasteiger partial charge is 0.492 e. The molecule has 2 amide bonds. The van der Waals surface area contributed by atoms with Crippen molar-refractivity contribution in [3.8, 4) is 11.5 Å². The fourth-order valence-corrected chi connectivity index (χ4v) is 3.50. The van der Waals surface area contributed by atoms with Crippen LogP contribution < -0.4 is 14.8 Å². The number of rotatable bonds is 6. The van der Waals surface area contributed by atoms with Crippen molar-refractivity contribution in [1.29, 1.82) is 0 Å². The molecule has 1 heterocycles. The Balaban J connectivity index is 1.47. The molecule has 3 aromatic rings. The van der Waals surface area contributed by atoms with Gasteiger partial charge in [0.05, 0.1) is 12.1 Å². The number of nitrogens with zero attached hydrogens (tertiary/aromatic N) is 1. The van der Waals surface area contributed by atoms with Gasteiger partial charge in [0.25, 0.3) is 11.8 Å². The van der Waals surface area contributed by atoms with Gasteiger partial charge in [0.15, 0.2) is 6.10 Å². The molecule has 0 fully saturated rings. The van der Waals surface area contributed by atoms with Gasteiger partial charge in [-0.1, -0.05) is 30.3 Å². The molecule has 0 saturated carbocycles. The molecule has 0 spiro atoms. The number of ether oxygens (including phenoxy) is 2. The van der Waals surface area contributed by atoms with Gasteiger partial charge in [-0.15, -0.1) is 0 Å². The third-order valence-corrected chi connectivity index (χ3v) is 5.13. The summed E-state index contributed by atoms with van der Waals surface area (Å²) >= 11 is 0. The van der Waals surface area contributed by atoms with E-state index >= 15 is 0 Å². The van der Waals surface area contributed by atoms with Crippen LogP contribution in [-0.2, 0) is 11.3 Å². The standard InChI is InChI=1S/C25H23FN2O4/c1-17-25(30)28(13-14-31-20-7-3-2-4-8-20)16-18-15-19(11-12-23(18)32-17)27-24(29)21-9-5-6-10-22(21)26/h2-12,15,17H,13-14,16H2,1H3,(H,27,29). The Labute approximate surface area is 185 Å². The van der Waals surface area contributed by atoms with Gasteiger partial charge >= 0.3 is 0 Å². The lowest BCUT2D eigenvalue weighted by atomic mass is 10.1. The zero-order valence-electron chi connectivity index (χ0n) is 17.6. The third kappa shape index (κ3) is 4.88. The van der Waals surface area contributed by atoms with Gasteiger partial charge in [-0.2, -0.15) is 0 Å². The Bertz CT molecular complexity index is 1120. The summed E-state index contributed by atoms with van der Waals surface area (Å²) in [6.07, 6.45) is -0.646. The van der Waals surface area contributed by atoms with Gasteiger partial charge in [-0.25, -0.2) is 4.39 Å². The topological polar surface area (TPSA) is 67.9 Å². The van der Waals surface area contributed by atoms with Crippen LogP contribution in [0.1, 0.15) is 22.8 Å². The van der Waals surface area contributed by atoms with E-state index in [1.807, 2.05) is 30.3 Å². The van der Waals surface area contributed by atoms with Crippen LogP contribution in [0.15, 0.2) is 72.8 Å². The summed E-state index contributed by atoms with van der Waals surface area (Å²) in [5.74, 6) is 0.0240. The molecule has 1 unspecified atom stereocenters. The fraction of sp³-hybridized carbons (Fsp3) is 0.200. The first-order valence-corrected chi connectivity index (χ1v) is 10.3. The summed E-state index contributed by atoms with van der Waals surface area (Å²) in [4.78, 5) is 26.9. The molecule has 3 aromatic carbocycles. The Morgan fingerprint density at radius 3 is 2.66 bits per heavy atom. The molecule has 7 heteroatoms. The van der Waals surface area contributed by atoms with Crippen LogP contribution >= 0.6 is 0 Å². The van der Waals surface area contributed by atoms with Crippen LogP contribution in [0.2, 0.25) is 0 Å². The number of anilines is 1. The molecule has 1 aliphatic heterocycles. The fourth-order valence-electron chi connectivity index (χ4n) is 3.50. The highest BCUT2D eigenvalue weighted by Gasteiger charge is 2.28. The first-order chi connectivity index (χ1) is 15.5. The van der Waals surface area contributed by atoms with E-state index < -0.39 is 17.8 Å². The second kappa shape index (κ2) is 9.51. The maximum atomic E-state index is 13.9. The van der Waals surface area contributed by atoms with Crippen molar-refractivity contribution >= 4 is 17.5 Å². The lowest BCUT2D eigenvalue weighted by Gasteiger charge is -2.22. The molecule has 0 aliphatic carbocycles. The minimum Gasteiger partial charge on any atom is -0.492 e. The first kappa shape index (κ1) is 21.4. The predicted octanol–water partition coefficient (Wildman–Crippen LogP) is 4.27. The van der Waals surface area contributed by atoms with Crippen molar-refractivity contribution < 1.29 is 23.5 Å². The van der Waals surface area contributed by atoms with Crippen molar-refractivity contribution in [3.05, 3.63) is 89.7 Å². The zero-order valence-corrected chi connectivity index (χ0v) is 17.6. The first-order valence-electron chi connectivity index (χ1n) is 10.3. The van der Waals surface area contributed by atoms with E-state index in [1.54, 1.807) is 36.1 Å². The third-order valence-electron chi connectivity index (χ3n) is 5.13. The predicted molar refractivity (Wildman–Crippen MR) is 118 cm³/mol. The number of hydrogen-bond donors (Lipinski definition) is 1. The molecule has 0 bridgehead atoms. The van der Waals surface area contributed by atoms with Crippen LogP contribution in [0, 0.1) is 5.82 Å². The number of nitrogens with one attached hydrogen (secondary N) is 1. The smallest absolute Gasteiger partial charge is 0.263 e. The number of para-hydroxylation sites is 1. The maximum absolute atomic E-state index is 13.9. The SMILES string of the molecule is CC1Oc2ccc(NC(=O)c3ccccc3F)cc2CN(CCOc2ccccc2)C1=O. The lowest BCUT2D eigenvalue weighted by molar-refractivity contribution is -0.138. The number of carbonyl (C=O) groups is 2. The molecule has 0 saturated heterocycles. The zero-order chi connectivity index (χ0) is 22.5. The molecule has 4 rings (SSSR count). The molecular formula is C25H23FN2O4. The van der Waals surface area contributed by atoms with Crippen LogP contribution in [0.5, 0.6) is 11.5 Å². The Morgan fingerprint density at radius 2 is 1.88 bits per heavy atom. The maximum Gasteiger partial charge on any atom is 0.263 e. The minimum atomic E-state index is -0.646. The molecule has 164 valence electrons. The summed E-state index contributed by atoms with van der Waals surface area (Å²) in [6.45, 7) is 2.73. The van der Waals surface area contributed by atoms with E-state index in [0.717, 1.165) is 11.3 Å². The Morgan fingerprint density at radius 1 is 1.12 bits per heavy atom. The summed E-state index contributed by atoms with van der Waals surface area (Å²) in [7, 11) is 0. The lowest BCUT2D eigenvalue weighted by Crippen LogP contribution is -2.40. The Hall–Kier alpha value is -3.87. The highest BCUT2D eigenvalue weighted by molar-refractivity contribution is 6.04. The van der Waals surface area contributed by atoms with Gasteiger partial charge in [-0.3, -0.25) is 9.59 Å². The van der Waals surface area contributed by atoms with Crippen molar-refractivity contribution in [1.82, 2.24) is 4.90 Å². The number of amides is 2. The van der Waals surface area contributed by atoms with Gasteiger partial charge < -0.3 is 19.7 Å². The quantitative estimate of drug-likeness (QED) is 0.629. The number of fused-ring (bicyclic) bond motifs is 1. The summed E-state index contributed by atoms with van der Waals surface area (Å²) in [5.41, 5.74) is 1.19. The summed E-state index contributed by atoms with van der Waals surface area (Å²) in [6, 6.07) is 20.3. The van der Waals surface area contributed by atoms with E-state index in [0.29, 0.717) is 31.1 Å². The van der Waals surface area contributed by atoms with Crippen molar-refractivity contribution in [3.63, 3.8) is 0 Å². The van der Waals surface area contributed by atoms with E-state index in [2.05, 4.69) is 5.32 Å². The molecule has 32 heavy (non-hydrogen) atoms. The van der Waals surface area contributed by atoms with E-state index in [-0.39, 0.29) is 11.5 Å². The van der Waals surface area contributed by atoms with Crippen LogP contribution in [-0.4, -0.2) is 36.0 Å². The van der Waals surface area contributed by atoms with Crippen LogP contribution in [0.25, 0.3) is 0 Å². The summed E-state index contributed by atoms with van der Waals surface area (Å²) < 4.78 is 25.5. The van der Waals surface area contributed by atoms with E-state index in [1.165, 1.54) is 18.2 Å². The van der Waals surface area contributed by atoms with Crippen LogP contribution in [0.4, 0.5) is 10.1 Å². The van der Waals surface area contributed by atoms with Gasteiger partial charge in [-0.05, 0) is 49.4 Å². The van der Waals surface area contributed by atoms with E-state index in [4.69, 9.17) is 9.47 Å². The number of benzene rings is 3. The average Bonchev–Trinajstić information content (AvgIpc) is 2.91. The highest BCUT2D eigenvalue weighted by atomic mass is 19.1. The highest BCUT2D eigenvalue weighted by Crippen LogP contribution is 2.29. The Kier molecular flexibility index (Phi) is 6.35. The van der Waals surface area contributed by atoms with Gasteiger partial charge in [0, 0.05) is 17.8 Å². The van der Waals surface area contributed by atoms with E-state index in [9.17, 15) is 14.0 Å². The van der Waals surface area contributed by atoms with Crippen molar-refractivity contribution in [2.24, 2.45) is 0 Å². The molecule has 1 aliphatic rings. The minimum absolute atomic E-state index is 0.0396. The number of carbonyl (C=O) groups excluding carboxylic acids is 2. The second-order valence-electron chi connectivity index (χ2n) is 7.44. The summed E-state index contributed by atoms with van der Waals surface area (Å²) in [5, 5.41) is 2.71. The normalized spacial score (nSPS) is 15.4. The number of hydrogen-bond acceptors (Lipinski definition) is 4. The molecular weight excluding hydrogens is 411 g/mol. The van der Waals surface area contributed by atoms with Crippen molar-refractivity contribution in [2.45, 2.75) is 19.6 Å². The second-order valence-corrected chi connectivity index (χ2v) is 7.44. The van der Waals surface area contributed by atoms with Gasteiger partial charge in [0.1, 0.15) is 23.9 Å². The molecule has 0 aromatic heterocycles.